The first-order valence-electron chi connectivity index (χ1n) is 41.3. The molecule has 2 unspecified atom stereocenters. The predicted molar refractivity (Wildman–Crippen MR) is 405 cm³/mol. The van der Waals surface area contributed by atoms with Crippen LogP contribution in [0.3, 0.4) is 0 Å². The van der Waals surface area contributed by atoms with Crippen molar-refractivity contribution in [3.63, 3.8) is 0 Å². The van der Waals surface area contributed by atoms with Crippen molar-refractivity contribution in [2.75, 3.05) is 39.6 Å². The van der Waals surface area contributed by atoms with Crippen molar-refractivity contribution in [2.24, 2.45) is 17.8 Å². The third-order valence-electron chi connectivity index (χ3n) is 18.6. The molecular formula is C80H156O17P2. The molecule has 0 rings (SSSR count). The average molecular weight is 1450 g/mol. The Labute approximate surface area is 607 Å². The zero-order valence-electron chi connectivity index (χ0n) is 65.0. The zero-order valence-corrected chi connectivity index (χ0v) is 66.8. The molecule has 0 radical (unpaired) electrons. The van der Waals surface area contributed by atoms with E-state index >= 15 is 0 Å². The highest BCUT2D eigenvalue weighted by Gasteiger charge is 2.30. The number of carbonyl (C=O) groups excluding carboxylic acids is 4. The number of rotatable bonds is 78. The Morgan fingerprint density at radius 1 is 0.273 bits per heavy atom. The molecule has 99 heavy (non-hydrogen) atoms. The van der Waals surface area contributed by atoms with Gasteiger partial charge in [0.15, 0.2) is 12.2 Å². The molecule has 588 valence electrons. The largest absolute Gasteiger partial charge is 0.472 e. The van der Waals surface area contributed by atoms with E-state index in [4.69, 9.17) is 37.0 Å². The molecule has 0 fully saturated rings. The van der Waals surface area contributed by atoms with E-state index < -0.39 is 97.5 Å². The predicted octanol–water partition coefficient (Wildman–Crippen LogP) is 23.7. The summed E-state index contributed by atoms with van der Waals surface area (Å²) in [4.78, 5) is 73.0. The third-order valence-corrected chi connectivity index (χ3v) is 20.5. The summed E-state index contributed by atoms with van der Waals surface area (Å²) in [6, 6.07) is 0. The summed E-state index contributed by atoms with van der Waals surface area (Å²) in [5.41, 5.74) is 0. The molecule has 0 aliphatic rings. The highest BCUT2D eigenvalue weighted by Crippen LogP contribution is 2.45. The molecule has 0 spiro atoms. The Bertz CT molecular complexity index is 1920. The molecule has 0 aromatic heterocycles. The zero-order chi connectivity index (χ0) is 73.0. The monoisotopic (exact) mass is 1450 g/mol. The normalized spacial score (nSPS) is 14.0. The van der Waals surface area contributed by atoms with Gasteiger partial charge in [-0.05, 0) is 43.4 Å². The number of aliphatic hydroxyl groups excluding tert-OH is 1. The number of phosphoric ester groups is 2. The maximum absolute atomic E-state index is 13.1. The van der Waals surface area contributed by atoms with Crippen molar-refractivity contribution < 1.29 is 80.2 Å². The van der Waals surface area contributed by atoms with Gasteiger partial charge in [-0.1, -0.05) is 363 Å². The van der Waals surface area contributed by atoms with E-state index in [-0.39, 0.29) is 25.7 Å². The molecule has 0 amide bonds. The highest BCUT2D eigenvalue weighted by molar-refractivity contribution is 7.47. The first kappa shape index (κ1) is 97.1. The molecule has 0 heterocycles. The summed E-state index contributed by atoms with van der Waals surface area (Å²) in [6.07, 6.45) is 58.2. The number of phosphoric acid groups is 2. The van der Waals surface area contributed by atoms with Crippen LogP contribution in [0.2, 0.25) is 0 Å². The van der Waals surface area contributed by atoms with E-state index in [9.17, 15) is 43.2 Å². The number of carbonyl (C=O) groups is 4. The van der Waals surface area contributed by atoms with Crippen molar-refractivity contribution in [3.05, 3.63) is 0 Å². The average Bonchev–Trinajstić information content (AvgIpc) is 1.14. The minimum atomic E-state index is -4.96. The Morgan fingerprint density at radius 3 is 0.687 bits per heavy atom. The van der Waals surface area contributed by atoms with Crippen LogP contribution < -0.4 is 0 Å². The molecule has 3 N–H and O–H groups in total. The van der Waals surface area contributed by atoms with Crippen LogP contribution >= 0.6 is 15.6 Å². The molecule has 0 bridgehead atoms. The quantitative estimate of drug-likeness (QED) is 0.0222. The fraction of sp³-hybridized carbons (Fsp3) is 0.950. The lowest BCUT2D eigenvalue weighted by Crippen LogP contribution is -2.30. The minimum absolute atomic E-state index is 0.106. The summed E-state index contributed by atoms with van der Waals surface area (Å²) in [5.74, 6) is 0.196. The van der Waals surface area contributed by atoms with Crippen LogP contribution in [-0.4, -0.2) is 96.7 Å². The van der Waals surface area contributed by atoms with Crippen molar-refractivity contribution in [2.45, 2.75) is 433 Å². The van der Waals surface area contributed by atoms with Crippen LogP contribution in [0.25, 0.3) is 0 Å². The Hall–Kier alpha value is -1.94. The topological polar surface area (TPSA) is 237 Å². The number of esters is 4. The Kier molecular flexibility index (Phi) is 69.0. The summed E-state index contributed by atoms with van der Waals surface area (Å²) in [7, 11) is -9.92. The van der Waals surface area contributed by atoms with Crippen molar-refractivity contribution in [1.29, 1.82) is 0 Å². The fourth-order valence-corrected chi connectivity index (χ4v) is 13.9. The van der Waals surface area contributed by atoms with Crippen LogP contribution in [0.5, 0.6) is 0 Å². The SMILES string of the molecule is CCCCCCCCCCCCCCCCCCC(=O)OC[C@H](COP(=O)(O)OC[C@@H](O)COP(=O)(O)OC[C@@H](COC(=O)CCCCCCCCCCCC(C)C)OC(=O)CCCCCCCCCCCCCCC(C)C)OC(=O)CCCCCCCCCCCCCCCC(C)C. The fourth-order valence-electron chi connectivity index (χ4n) is 12.3. The van der Waals surface area contributed by atoms with Gasteiger partial charge in [0.2, 0.25) is 0 Å². The summed E-state index contributed by atoms with van der Waals surface area (Å²) in [5, 5.41) is 10.6. The smallest absolute Gasteiger partial charge is 0.462 e. The van der Waals surface area contributed by atoms with E-state index in [0.717, 1.165) is 108 Å². The minimum Gasteiger partial charge on any atom is -0.462 e. The second-order valence-corrected chi connectivity index (χ2v) is 33.1. The highest BCUT2D eigenvalue weighted by atomic mass is 31.2. The number of hydrogen-bond acceptors (Lipinski definition) is 15. The van der Waals surface area contributed by atoms with Gasteiger partial charge in [-0.25, -0.2) is 9.13 Å². The number of aliphatic hydroxyl groups is 1. The van der Waals surface area contributed by atoms with Crippen LogP contribution in [0.4, 0.5) is 0 Å². The molecule has 5 atom stereocenters. The van der Waals surface area contributed by atoms with E-state index in [2.05, 4.69) is 48.5 Å². The molecular weight excluding hydrogens is 1290 g/mol. The number of unbranched alkanes of at least 4 members (excludes halogenated alkanes) is 46. The van der Waals surface area contributed by atoms with Crippen LogP contribution in [-0.2, 0) is 65.4 Å². The number of hydrogen-bond donors (Lipinski definition) is 3. The molecule has 0 saturated carbocycles. The van der Waals surface area contributed by atoms with E-state index in [1.54, 1.807) is 0 Å². The van der Waals surface area contributed by atoms with E-state index in [1.165, 1.54) is 225 Å². The van der Waals surface area contributed by atoms with E-state index in [1.807, 2.05) is 0 Å². The van der Waals surface area contributed by atoms with Crippen molar-refractivity contribution >= 4 is 39.5 Å². The van der Waals surface area contributed by atoms with Gasteiger partial charge in [-0.3, -0.25) is 37.3 Å². The van der Waals surface area contributed by atoms with Gasteiger partial charge in [0.05, 0.1) is 26.4 Å². The van der Waals surface area contributed by atoms with Gasteiger partial charge >= 0.3 is 39.5 Å². The number of ether oxygens (including phenoxy) is 4. The molecule has 0 aliphatic carbocycles. The van der Waals surface area contributed by atoms with Crippen molar-refractivity contribution in [3.8, 4) is 0 Å². The Balaban J connectivity index is 5.27. The molecule has 19 heteroatoms. The molecule has 0 aromatic carbocycles. The lowest BCUT2D eigenvalue weighted by Gasteiger charge is -2.21. The standard InChI is InChI=1S/C80H156O17P2/c1-8-9-10-11-12-13-14-15-16-17-20-26-33-40-47-54-61-77(82)90-67-75(96-79(84)63-56-49-42-34-27-21-18-19-24-30-37-44-51-58-71(2)3)69-94-98(86,87)92-65-74(81)66-93-99(88,89)95-70-76(68-91-78(83)62-55-48-41-36-29-32-39-46-53-60-73(6)7)97-80(85)64-57-50-43-35-28-23-22-25-31-38-45-52-59-72(4)5/h71-76,81H,8-70H2,1-7H3,(H,86,87)(H,88,89)/t74-,75-,76-/m1/s1. The second kappa shape index (κ2) is 70.4. The summed E-state index contributed by atoms with van der Waals surface area (Å²) < 4.78 is 68.7. The van der Waals surface area contributed by atoms with Crippen LogP contribution in [0, 0.1) is 17.8 Å². The molecule has 0 aromatic rings. The van der Waals surface area contributed by atoms with Crippen LogP contribution in [0.15, 0.2) is 0 Å². The first-order chi connectivity index (χ1) is 47.7. The maximum atomic E-state index is 13.1. The lowest BCUT2D eigenvalue weighted by atomic mass is 10.0. The van der Waals surface area contributed by atoms with E-state index in [0.29, 0.717) is 25.7 Å². The molecule has 17 nitrogen and oxygen atoms in total. The summed E-state index contributed by atoms with van der Waals surface area (Å²) in [6.45, 7) is 11.9. The third kappa shape index (κ3) is 74.1. The summed E-state index contributed by atoms with van der Waals surface area (Å²) >= 11 is 0. The van der Waals surface area contributed by atoms with Gasteiger partial charge in [-0.2, -0.15) is 0 Å². The Morgan fingerprint density at radius 2 is 0.465 bits per heavy atom. The molecule has 0 saturated heterocycles. The van der Waals surface area contributed by atoms with Gasteiger partial charge < -0.3 is 33.8 Å². The lowest BCUT2D eigenvalue weighted by molar-refractivity contribution is -0.161. The van der Waals surface area contributed by atoms with Crippen molar-refractivity contribution in [1.82, 2.24) is 0 Å². The van der Waals surface area contributed by atoms with Gasteiger partial charge in [0.25, 0.3) is 0 Å². The van der Waals surface area contributed by atoms with Gasteiger partial charge in [-0.15, -0.1) is 0 Å². The maximum Gasteiger partial charge on any atom is 0.472 e. The van der Waals surface area contributed by atoms with Gasteiger partial charge in [0.1, 0.15) is 19.3 Å². The van der Waals surface area contributed by atoms with Crippen LogP contribution in [0.1, 0.15) is 414 Å². The first-order valence-corrected chi connectivity index (χ1v) is 44.3. The second-order valence-electron chi connectivity index (χ2n) is 30.2. The molecule has 0 aliphatic heterocycles. The van der Waals surface area contributed by atoms with Gasteiger partial charge in [0, 0.05) is 25.7 Å².